The Morgan fingerprint density at radius 3 is 2.84 bits per heavy atom. The van der Waals surface area contributed by atoms with E-state index in [-0.39, 0.29) is 23.5 Å². The molecular weight excluding hydrogens is 244 g/mol. The molecule has 5 atom stereocenters. The normalized spacial score (nSPS) is 44.7. The van der Waals surface area contributed by atoms with Gasteiger partial charge in [0.05, 0.1) is 12.5 Å². The zero-order valence-electron chi connectivity index (χ0n) is 11.6. The maximum atomic E-state index is 12.4. The first-order valence-corrected chi connectivity index (χ1v) is 7.31. The molecule has 1 heterocycles. The number of rotatable bonds is 4. The van der Waals surface area contributed by atoms with Gasteiger partial charge in [-0.25, -0.2) is 0 Å². The van der Waals surface area contributed by atoms with E-state index in [1.807, 2.05) is 0 Å². The van der Waals surface area contributed by atoms with Crippen LogP contribution in [0.3, 0.4) is 0 Å². The molecule has 0 spiro atoms. The minimum atomic E-state index is -0.336. The van der Waals surface area contributed by atoms with E-state index in [0.29, 0.717) is 31.6 Å². The van der Waals surface area contributed by atoms with Crippen molar-refractivity contribution >= 4 is 5.91 Å². The average molecular weight is 268 g/mol. The Hall–Kier alpha value is -0.650. The van der Waals surface area contributed by atoms with Crippen molar-refractivity contribution in [2.75, 3.05) is 26.9 Å². The predicted molar refractivity (Wildman–Crippen MR) is 70.5 cm³/mol. The summed E-state index contributed by atoms with van der Waals surface area (Å²) in [5.41, 5.74) is 5.86. The van der Waals surface area contributed by atoms with Gasteiger partial charge in [-0.3, -0.25) is 4.79 Å². The molecule has 108 valence electrons. The summed E-state index contributed by atoms with van der Waals surface area (Å²) in [5, 5.41) is 3.05. The van der Waals surface area contributed by atoms with E-state index in [0.717, 1.165) is 19.3 Å². The lowest BCUT2D eigenvalue weighted by Crippen LogP contribution is -2.50. The van der Waals surface area contributed by atoms with E-state index in [1.54, 1.807) is 7.11 Å². The zero-order valence-corrected chi connectivity index (χ0v) is 11.6. The molecule has 0 radical (unpaired) electrons. The van der Waals surface area contributed by atoms with Crippen LogP contribution in [0.15, 0.2) is 0 Å². The van der Waals surface area contributed by atoms with Crippen LogP contribution in [-0.2, 0) is 14.3 Å². The van der Waals surface area contributed by atoms with E-state index in [1.165, 1.54) is 6.42 Å². The largest absolute Gasteiger partial charge is 0.378 e. The van der Waals surface area contributed by atoms with Gasteiger partial charge in [0.25, 0.3) is 0 Å². The van der Waals surface area contributed by atoms with Gasteiger partial charge < -0.3 is 20.5 Å². The molecule has 19 heavy (non-hydrogen) atoms. The number of fused-ring (bicyclic) bond motifs is 2. The third-order valence-corrected chi connectivity index (χ3v) is 5.37. The van der Waals surface area contributed by atoms with Crippen LogP contribution in [0.25, 0.3) is 0 Å². The van der Waals surface area contributed by atoms with Crippen molar-refractivity contribution < 1.29 is 14.3 Å². The van der Waals surface area contributed by atoms with Crippen molar-refractivity contribution in [3.8, 4) is 0 Å². The van der Waals surface area contributed by atoms with Gasteiger partial charge in [0.15, 0.2) is 0 Å². The van der Waals surface area contributed by atoms with Gasteiger partial charge in [-0.05, 0) is 31.1 Å². The molecule has 0 aromatic heterocycles. The minimum absolute atomic E-state index is 0.00924. The van der Waals surface area contributed by atoms with Gasteiger partial charge in [-0.1, -0.05) is 0 Å². The van der Waals surface area contributed by atoms with Crippen molar-refractivity contribution in [2.45, 2.75) is 37.3 Å². The molecule has 3 fully saturated rings. The summed E-state index contributed by atoms with van der Waals surface area (Å²) in [5.74, 6) is 1.18. The highest BCUT2D eigenvalue weighted by atomic mass is 16.5. The Morgan fingerprint density at radius 2 is 2.26 bits per heavy atom. The third kappa shape index (κ3) is 2.28. The molecule has 5 nitrogen and oxygen atoms in total. The predicted octanol–water partition coefficient (Wildman–Crippen LogP) is 0.282. The second-order valence-corrected chi connectivity index (χ2v) is 6.34. The fourth-order valence-corrected chi connectivity index (χ4v) is 4.05. The highest BCUT2D eigenvalue weighted by Crippen LogP contribution is 2.47. The van der Waals surface area contributed by atoms with Crippen molar-refractivity contribution in [3.05, 3.63) is 0 Å². The van der Waals surface area contributed by atoms with Crippen molar-refractivity contribution in [1.29, 1.82) is 0 Å². The van der Waals surface area contributed by atoms with E-state index in [4.69, 9.17) is 15.2 Å². The van der Waals surface area contributed by atoms with Crippen LogP contribution in [0.4, 0.5) is 0 Å². The number of hydrogen-bond donors (Lipinski definition) is 2. The summed E-state index contributed by atoms with van der Waals surface area (Å²) in [6.07, 6.45) is 4.34. The topological polar surface area (TPSA) is 73.6 Å². The molecular formula is C14H24N2O3. The Balaban J connectivity index is 1.57. The minimum Gasteiger partial charge on any atom is -0.378 e. The molecule has 0 aromatic rings. The lowest BCUT2D eigenvalue weighted by molar-refractivity contribution is -0.128. The first-order chi connectivity index (χ1) is 9.15. The van der Waals surface area contributed by atoms with E-state index in [9.17, 15) is 4.79 Å². The number of carbonyl (C=O) groups excluding carboxylic acids is 1. The molecule has 0 aromatic carbocycles. The fourth-order valence-electron chi connectivity index (χ4n) is 4.05. The molecule has 1 saturated heterocycles. The van der Waals surface area contributed by atoms with Crippen LogP contribution in [0.5, 0.6) is 0 Å². The molecule has 5 heteroatoms. The molecule has 5 unspecified atom stereocenters. The van der Waals surface area contributed by atoms with Crippen molar-refractivity contribution in [2.24, 2.45) is 23.5 Å². The number of nitrogens with two attached hydrogens (primary N) is 1. The molecule has 3 N–H and O–H groups in total. The van der Waals surface area contributed by atoms with E-state index in [2.05, 4.69) is 5.32 Å². The molecule has 3 rings (SSSR count). The summed E-state index contributed by atoms with van der Waals surface area (Å²) in [6, 6.07) is 0.0528. The molecule has 2 aliphatic carbocycles. The second kappa shape index (κ2) is 5.04. The number of hydrogen-bond acceptors (Lipinski definition) is 4. The first-order valence-electron chi connectivity index (χ1n) is 7.31. The van der Waals surface area contributed by atoms with Crippen LogP contribution in [0.2, 0.25) is 0 Å². The highest BCUT2D eigenvalue weighted by Gasteiger charge is 2.49. The molecule has 2 saturated carbocycles. The van der Waals surface area contributed by atoms with Gasteiger partial charge >= 0.3 is 0 Å². The van der Waals surface area contributed by atoms with E-state index >= 15 is 0 Å². The monoisotopic (exact) mass is 268 g/mol. The number of methoxy groups -OCH3 is 1. The Labute approximate surface area is 114 Å². The molecule has 2 bridgehead atoms. The average Bonchev–Trinajstić information content (AvgIpc) is 3.12. The number of ether oxygens (including phenoxy) is 2. The fraction of sp³-hybridized carbons (Fsp3) is 0.929. The van der Waals surface area contributed by atoms with Crippen molar-refractivity contribution in [1.82, 2.24) is 5.32 Å². The maximum Gasteiger partial charge on any atom is 0.225 e. The summed E-state index contributed by atoms with van der Waals surface area (Å²) in [4.78, 5) is 12.4. The van der Waals surface area contributed by atoms with Crippen LogP contribution >= 0.6 is 0 Å². The van der Waals surface area contributed by atoms with Gasteiger partial charge in [0.1, 0.15) is 5.60 Å². The standard InChI is InChI=1S/C14H24N2O3/c1-18-14(4-5-19-8-14)7-16-13(17)11-9-2-3-10(6-9)12(11)15/h9-12H,2-8,15H2,1H3,(H,16,17). The first kappa shape index (κ1) is 13.3. The summed E-state index contributed by atoms with van der Waals surface area (Å²) in [6.45, 7) is 1.80. The molecule has 1 amide bonds. The molecule has 3 aliphatic rings. The Kier molecular flexibility index (Phi) is 3.53. The van der Waals surface area contributed by atoms with E-state index < -0.39 is 0 Å². The van der Waals surface area contributed by atoms with Gasteiger partial charge in [0, 0.05) is 32.7 Å². The lowest BCUT2D eigenvalue weighted by atomic mass is 9.84. The smallest absolute Gasteiger partial charge is 0.225 e. The number of nitrogens with one attached hydrogen (secondary N) is 1. The maximum absolute atomic E-state index is 12.4. The second-order valence-electron chi connectivity index (χ2n) is 6.34. The van der Waals surface area contributed by atoms with Crippen molar-refractivity contribution in [3.63, 3.8) is 0 Å². The number of amides is 1. The van der Waals surface area contributed by atoms with Gasteiger partial charge in [0.2, 0.25) is 5.91 Å². The highest BCUT2D eigenvalue weighted by molar-refractivity contribution is 5.80. The zero-order chi connectivity index (χ0) is 13.5. The lowest BCUT2D eigenvalue weighted by Gasteiger charge is -2.30. The summed E-state index contributed by atoms with van der Waals surface area (Å²) < 4.78 is 10.9. The summed E-state index contributed by atoms with van der Waals surface area (Å²) >= 11 is 0. The van der Waals surface area contributed by atoms with Gasteiger partial charge in [-0.2, -0.15) is 0 Å². The van der Waals surface area contributed by atoms with Crippen LogP contribution in [0.1, 0.15) is 25.7 Å². The third-order valence-electron chi connectivity index (χ3n) is 5.37. The number of carbonyl (C=O) groups is 1. The SMILES string of the molecule is COC1(CNC(=O)C2C3CCC(C3)C2N)CCOC1. The Morgan fingerprint density at radius 1 is 1.47 bits per heavy atom. The van der Waals surface area contributed by atoms with Crippen LogP contribution < -0.4 is 11.1 Å². The molecule has 1 aliphatic heterocycles. The van der Waals surface area contributed by atoms with Crippen LogP contribution in [0, 0.1) is 17.8 Å². The Bertz CT molecular complexity index is 353. The van der Waals surface area contributed by atoms with Crippen LogP contribution in [-0.4, -0.2) is 44.4 Å². The van der Waals surface area contributed by atoms with Gasteiger partial charge in [-0.15, -0.1) is 0 Å². The quantitative estimate of drug-likeness (QED) is 0.768. The summed E-state index contributed by atoms with van der Waals surface area (Å²) in [7, 11) is 1.68.